The van der Waals surface area contributed by atoms with Gasteiger partial charge in [-0.05, 0) is 30.3 Å². The lowest BCUT2D eigenvalue weighted by atomic mass is 10.2. The Kier molecular flexibility index (Phi) is 6.26. The number of amides is 2. The summed E-state index contributed by atoms with van der Waals surface area (Å²) in [5, 5.41) is 5.67. The Morgan fingerprint density at radius 3 is 2.93 bits per heavy atom. The standard InChI is InChI=1S/C21H18ClN3O3S2/c1-28-17-7-6-13(10-14(17)22)15-11-30-21(23-15)24-19(26)8-9-25-16-4-2-3-5-18(16)29-12-20(25)27/h2-7,10-11H,8-9,12H2,1H3,(H,23,24,26). The number of carbonyl (C=O) groups excluding carboxylic acids is 2. The number of aromatic nitrogens is 1. The number of nitrogens with one attached hydrogen (secondary N) is 1. The van der Waals surface area contributed by atoms with E-state index < -0.39 is 0 Å². The van der Waals surface area contributed by atoms with Crippen LogP contribution in [0.25, 0.3) is 11.3 Å². The lowest BCUT2D eigenvalue weighted by Crippen LogP contribution is -2.37. The summed E-state index contributed by atoms with van der Waals surface area (Å²) >= 11 is 9.04. The maximum Gasteiger partial charge on any atom is 0.237 e. The van der Waals surface area contributed by atoms with Crippen LogP contribution >= 0.6 is 34.7 Å². The molecule has 0 fully saturated rings. The topological polar surface area (TPSA) is 71.5 Å². The Morgan fingerprint density at radius 2 is 2.13 bits per heavy atom. The number of thioether (sulfide) groups is 1. The molecule has 1 aliphatic rings. The summed E-state index contributed by atoms with van der Waals surface area (Å²) < 4.78 is 5.16. The zero-order valence-electron chi connectivity index (χ0n) is 16.1. The minimum absolute atomic E-state index is 0.0134. The SMILES string of the molecule is COc1ccc(-c2csc(NC(=O)CCN3C(=O)CSc4ccccc43)n2)cc1Cl. The molecule has 2 heterocycles. The number of fused-ring (bicyclic) bond motifs is 1. The van der Waals surface area contributed by atoms with Gasteiger partial charge in [0.1, 0.15) is 5.75 Å². The second-order valence-corrected chi connectivity index (χ2v) is 8.77. The van der Waals surface area contributed by atoms with Gasteiger partial charge in [-0.2, -0.15) is 0 Å². The van der Waals surface area contributed by atoms with Gasteiger partial charge in [-0.25, -0.2) is 4.98 Å². The number of anilines is 2. The third-order valence-corrected chi connectivity index (χ3v) is 6.67. The minimum Gasteiger partial charge on any atom is -0.495 e. The van der Waals surface area contributed by atoms with Gasteiger partial charge < -0.3 is 15.0 Å². The van der Waals surface area contributed by atoms with Gasteiger partial charge in [-0.3, -0.25) is 9.59 Å². The molecule has 30 heavy (non-hydrogen) atoms. The van der Waals surface area contributed by atoms with E-state index in [0.717, 1.165) is 21.8 Å². The fourth-order valence-corrected chi connectivity index (χ4v) is 5.01. The van der Waals surface area contributed by atoms with Crippen molar-refractivity contribution in [3.8, 4) is 17.0 Å². The highest BCUT2D eigenvalue weighted by Gasteiger charge is 2.24. The Morgan fingerprint density at radius 1 is 1.30 bits per heavy atom. The zero-order valence-corrected chi connectivity index (χ0v) is 18.4. The summed E-state index contributed by atoms with van der Waals surface area (Å²) in [6.07, 6.45) is 0.189. The van der Waals surface area contributed by atoms with Crippen LogP contribution in [0.1, 0.15) is 6.42 Å². The average Bonchev–Trinajstić information content (AvgIpc) is 3.21. The van der Waals surface area contributed by atoms with Crippen LogP contribution in [-0.4, -0.2) is 36.2 Å². The van der Waals surface area contributed by atoms with E-state index in [4.69, 9.17) is 16.3 Å². The van der Waals surface area contributed by atoms with E-state index in [-0.39, 0.29) is 18.2 Å². The number of halogens is 1. The van der Waals surface area contributed by atoms with Gasteiger partial charge in [0.2, 0.25) is 11.8 Å². The van der Waals surface area contributed by atoms with Gasteiger partial charge in [0, 0.05) is 28.8 Å². The second-order valence-electron chi connectivity index (χ2n) is 6.49. The fourth-order valence-electron chi connectivity index (χ4n) is 3.08. The van der Waals surface area contributed by atoms with Gasteiger partial charge in [-0.15, -0.1) is 23.1 Å². The highest BCUT2D eigenvalue weighted by molar-refractivity contribution is 8.00. The van der Waals surface area contributed by atoms with Crippen molar-refractivity contribution in [1.29, 1.82) is 0 Å². The van der Waals surface area contributed by atoms with Gasteiger partial charge in [0.05, 0.1) is 29.3 Å². The summed E-state index contributed by atoms with van der Waals surface area (Å²) in [6.45, 7) is 0.328. The monoisotopic (exact) mass is 459 g/mol. The molecule has 1 N–H and O–H groups in total. The molecule has 6 nitrogen and oxygen atoms in total. The summed E-state index contributed by atoms with van der Waals surface area (Å²) in [4.78, 5) is 31.9. The van der Waals surface area contributed by atoms with Crippen molar-refractivity contribution < 1.29 is 14.3 Å². The molecule has 0 saturated carbocycles. The lowest BCUT2D eigenvalue weighted by molar-refractivity contribution is -0.117. The third kappa shape index (κ3) is 4.45. The molecule has 154 valence electrons. The molecule has 3 aromatic rings. The summed E-state index contributed by atoms with van der Waals surface area (Å²) in [6, 6.07) is 13.2. The average molecular weight is 460 g/mol. The van der Waals surface area contributed by atoms with Crippen molar-refractivity contribution in [2.45, 2.75) is 11.3 Å². The van der Waals surface area contributed by atoms with Crippen LogP contribution in [0, 0.1) is 0 Å². The number of hydrogen-bond acceptors (Lipinski definition) is 6. The van der Waals surface area contributed by atoms with E-state index in [1.54, 1.807) is 24.1 Å². The number of hydrogen-bond donors (Lipinski definition) is 1. The van der Waals surface area contributed by atoms with Crippen LogP contribution in [0.4, 0.5) is 10.8 Å². The molecule has 1 aliphatic heterocycles. The number of ether oxygens (including phenoxy) is 1. The van der Waals surface area contributed by atoms with E-state index in [2.05, 4.69) is 10.3 Å². The highest BCUT2D eigenvalue weighted by atomic mass is 35.5. The van der Waals surface area contributed by atoms with E-state index >= 15 is 0 Å². The smallest absolute Gasteiger partial charge is 0.237 e. The second kappa shape index (κ2) is 9.07. The molecule has 0 spiro atoms. The van der Waals surface area contributed by atoms with Crippen LogP contribution in [0.15, 0.2) is 52.7 Å². The Balaban J connectivity index is 1.39. The molecule has 0 bridgehead atoms. The molecule has 4 rings (SSSR count). The van der Waals surface area contributed by atoms with E-state index in [1.165, 1.54) is 23.1 Å². The van der Waals surface area contributed by atoms with Crippen molar-refractivity contribution in [3.63, 3.8) is 0 Å². The number of carbonyl (C=O) groups is 2. The molecule has 0 atom stereocenters. The molecule has 1 aromatic heterocycles. The van der Waals surface area contributed by atoms with Crippen molar-refractivity contribution >= 4 is 57.3 Å². The van der Waals surface area contributed by atoms with Gasteiger partial charge in [0.25, 0.3) is 0 Å². The van der Waals surface area contributed by atoms with E-state index in [9.17, 15) is 9.59 Å². The van der Waals surface area contributed by atoms with Gasteiger partial charge in [0.15, 0.2) is 5.13 Å². The largest absolute Gasteiger partial charge is 0.495 e. The first-order valence-electron chi connectivity index (χ1n) is 9.16. The van der Waals surface area contributed by atoms with Crippen LogP contribution in [0.3, 0.4) is 0 Å². The summed E-state index contributed by atoms with van der Waals surface area (Å²) in [5.41, 5.74) is 2.42. The molecular formula is C21H18ClN3O3S2. The number of thiazole rings is 1. The quantitative estimate of drug-likeness (QED) is 0.565. The van der Waals surface area contributed by atoms with Gasteiger partial charge >= 0.3 is 0 Å². The molecule has 0 unspecified atom stereocenters. The van der Waals surface area contributed by atoms with Crippen molar-refractivity contribution in [1.82, 2.24) is 4.98 Å². The summed E-state index contributed by atoms with van der Waals surface area (Å²) in [5.74, 6) is 0.807. The molecule has 0 aliphatic carbocycles. The Bertz CT molecular complexity index is 1100. The Labute approximate surface area is 187 Å². The van der Waals surface area contributed by atoms with E-state index in [0.29, 0.717) is 28.2 Å². The Hall–Kier alpha value is -2.55. The fraction of sp³-hybridized carbons (Fsp3) is 0.190. The minimum atomic E-state index is -0.188. The molecule has 0 saturated heterocycles. The molecule has 9 heteroatoms. The number of benzene rings is 2. The third-order valence-electron chi connectivity index (χ3n) is 4.57. The van der Waals surface area contributed by atoms with Crippen molar-refractivity contribution in [2.24, 2.45) is 0 Å². The predicted octanol–water partition coefficient (Wildman–Crippen LogP) is 4.94. The first kappa shape index (κ1) is 20.7. The molecular weight excluding hydrogens is 442 g/mol. The molecule has 0 radical (unpaired) electrons. The molecule has 2 amide bonds. The molecule has 2 aromatic carbocycles. The van der Waals surface area contributed by atoms with Crippen LogP contribution in [-0.2, 0) is 9.59 Å². The number of rotatable bonds is 6. The van der Waals surface area contributed by atoms with E-state index in [1.807, 2.05) is 35.7 Å². The van der Waals surface area contributed by atoms with Crippen LogP contribution < -0.4 is 15.0 Å². The maximum absolute atomic E-state index is 12.4. The first-order valence-corrected chi connectivity index (χ1v) is 11.4. The zero-order chi connectivity index (χ0) is 21.1. The van der Waals surface area contributed by atoms with Crippen molar-refractivity contribution in [3.05, 3.63) is 52.9 Å². The predicted molar refractivity (Wildman–Crippen MR) is 122 cm³/mol. The maximum atomic E-state index is 12.4. The number of nitrogens with zero attached hydrogens (tertiary/aromatic N) is 2. The summed E-state index contributed by atoms with van der Waals surface area (Å²) in [7, 11) is 1.56. The van der Waals surface area contributed by atoms with Crippen molar-refractivity contribution in [2.75, 3.05) is 29.6 Å². The van der Waals surface area contributed by atoms with Crippen LogP contribution in [0.5, 0.6) is 5.75 Å². The normalized spacial score (nSPS) is 13.1. The number of para-hydroxylation sites is 1. The highest BCUT2D eigenvalue weighted by Crippen LogP contribution is 2.35. The lowest BCUT2D eigenvalue weighted by Gasteiger charge is -2.28. The van der Waals surface area contributed by atoms with Gasteiger partial charge in [-0.1, -0.05) is 23.7 Å². The number of methoxy groups -OCH3 is 1. The van der Waals surface area contributed by atoms with Crippen LogP contribution in [0.2, 0.25) is 5.02 Å². The first-order chi connectivity index (χ1) is 14.5.